The molecule has 0 bridgehead atoms. The number of nitrogens with zero attached hydrogens (tertiary/aromatic N) is 2. The second-order valence-electron chi connectivity index (χ2n) is 5.34. The molecule has 2 aliphatic heterocycles. The fourth-order valence-electron chi connectivity index (χ4n) is 2.90. The van der Waals surface area contributed by atoms with Crippen LogP contribution in [0.1, 0.15) is 0 Å². The van der Waals surface area contributed by atoms with Crippen molar-refractivity contribution in [1.29, 1.82) is 0 Å². The van der Waals surface area contributed by atoms with Crippen LogP contribution < -0.4 is 16.6 Å². The Labute approximate surface area is 123 Å². The van der Waals surface area contributed by atoms with E-state index in [9.17, 15) is 14.4 Å². The Kier molecular flexibility index (Phi) is 3.51. The van der Waals surface area contributed by atoms with Gasteiger partial charge in [0.25, 0.3) is 5.56 Å². The van der Waals surface area contributed by atoms with Gasteiger partial charge in [-0.3, -0.25) is 19.1 Å². The number of rotatable bonds is 2. The minimum absolute atomic E-state index is 0.0406. The Morgan fingerprint density at radius 2 is 1.95 bits per heavy atom. The number of amides is 1. The Balaban J connectivity index is 1.72. The number of carbonyl (C=O) groups excluding carboxylic acids is 1. The fourth-order valence-corrected chi connectivity index (χ4v) is 3.25. The lowest BCUT2D eigenvalue weighted by atomic mass is 10.0. The molecule has 0 spiro atoms. The van der Waals surface area contributed by atoms with Crippen LogP contribution in [0.25, 0.3) is 0 Å². The molecule has 1 amide bonds. The average Bonchev–Trinajstić information content (AvgIpc) is 2.96. The molecule has 0 unspecified atom stereocenters. The monoisotopic (exact) mass is 342 g/mol. The third kappa shape index (κ3) is 2.45. The van der Waals surface area contributed by atoms with E-state index in [-0.39, 0.29) is 16.9 Å². The predicted molar refractivity (Wildman–Crippen MR) is 75.5 cm³/mol. The first-order chi connectivity index (χ1) is 9.54. The first-order valence-corrected chi connectivity index (χ1v) is 7.31. The third-order valence-corrected chi connectivity index (χ3v) is 4.58. The van der Waals surface area contributed by atoms with Crippen molar-refractivity contribution in [3.63, 3.8) is 0 Å². The van der Waals surface area contributed by atoms with E-state index in [4.69, 9.17) is 0 Å². The topological polar surface area (TPSA) is 87.2 Å². The highest BCUT2D eigenvalue weighted by molar-refractivity contribution is 9.10. The van der Waals surface area contributed by atoms with Crippen LogP contribution in [0.5, 0.6) is 0 Å². The molecule has 0 aliphatic carbocycles. The van der Waals surface area contributed by atoms with Crippen molar-refractivity contribution >= 4 is 21.8 Å². The third-order valence-electron chi connectivity index (χ3n) is 4.02. The van der Waals surface area contributed by atoms with E-state index < -0.39 is 11.2 Å². The summed E-state index contributed by atoms with van der Waals surface area (Å²) in [5, 5.41) is 3.32. The molecule has 2 saturated heterocycles. The minimum Gasteiger partial charge on any atom is -0.340 e. The number of carbonyl (C=O) groups is 1. The molecule has 2 fully saturated rings. The van der Waals surface area contributed by atoms with Crippen LogP contribution >= 0.6 is 15.9 Å². The summed E-state index contributed by atoms with van der Waals surface area (Å²) < 4.78 is 1.47. The molecular formula is C12H15BrN4O3. The lowest BCUT2D eigenvalue weighted by Crippen LogP contribution is -2.38. The second-order valence-corrected chi connectivity index (χ2v) is 6.20. The van der Waals surface area contributed by atoms with Crippen molar-refractivity contribution in [1.82, 2.24) is 19.8 Å². The molecule has 2 atom stereocenters. The molecule has 0 radical (unpaired) electrons. The van der Waals surface area contributed by atoms with Crippen LogP contribution in [0.4, 0.5) is 0 Å². The van der Waals surface area contributed by atoms with Crippen molar-refractivity contribution in [2.75, 3.05) is 26.2 Å². The van der Waals surface area contributed by atoms with Crippen LogP contribution in [0.3, 0.4) is 0 Å². The van der Waals surface area contributed by atoms with E-state index in [0.717, 1.165) is 26.2 Å². The van der Waals surface area contributed by atoms with Gasteiger partial charge in [0.1, 0.15) is 6.54 Å². The summed E-state index contributed by atoms with van der Waals surface area (Å²) in [6, 6.07) is 0. The van der Waals surface area contributed by atoms with Gasteiger partial charge in [0.2, 0.25) is 5.91 Å². The number of H-pyrrole nitrogens is 1. The van der Waals surface area contributed by atoms with Crippen LogP contribution in [0, 0.1) is 11.8 Å². The second kappa shape index (κ2) is 5.17. The molecule has 2 N–H and O–H groups in total. The number of likely N-dealkylation sites (tertiary alicyclic amines) is 1. The lowest BCUT2D eigenvalue weighted by Gasteiger charge is -2.18. The molecule has 1 aromatic rings. The average molecular weight is 343 g/mol. The van der Waals surface area contributed by atoms with Crippen LogP contribution in [-0.4, -0.2) is 46.5 Å². The number of fused-ring (bicyclic) bond motifs is 1. The highest BCUT2D eigenvalue weighted by Crippen LogP contribution is 2.26. The van der Waals surface area contributed by atoms with Gasteiger partial charge in [0.15, 0.2) is 0 Å². The summed E-state index contributed by atoms with van der Waals surface area (Å²) in [6.07, 6.45) is 1.36. The summed E-state index contributed by atoms with van der Waals surface area (Å²) in [5.74, 6) is 0.969. The molecule has 7 nitrogen and oxygen atoms in total. The van der Waals surface area contributed by atoms with Gasteiger partial charge in [-0.25, -0.2) is 4.79 Å². The maximum atomic E-state index is 12.2. The first kappa shape index (κ1) is 13.6. The number of nitrogens with one attached hydrogen (secondary N) is 2. The van der Waals surface area contributed by atoms with E-state index in [1.165, 1.54) is 10.8 Å². The van der Waals surface area contributed by atoms with E-state index in [0.29, 0.717) is 11.8 Å². The zero-order valence-electron chi connectivity index (χ0n) is 10.8. The standard InChI is InChI=1S/C12H15BrN4O3/c13-9-5-17(12(20)15-11(9)19)6-10(18)16-3-7-1-14-2-8(7)4-16/h5,7-8,14H,1-4,6H2,(H,15,19,20)/t7-,8+. The molecule has 8 heteroatoms. The maximum absolute atomic E-state index is 12.2. The Bertz CT molecular complexity index is 641. The maximum Gasteiger partial charge on any atom is 0.328 e. The number of aromatic nitrogens is 2. The van der Waals surface area contributed by atoms with Crippen molar-refractivity contribution in [3.05, 3.63) is 31.5 Å². The molecule has 3 heterocycles. The molecule has 20 heavy (non-hydrogen) atoms. The lowest BCUT2D eigenvalue weighted by molar-refractivity contribution is -0.131. The summed E-state index contributed by atoms with van der Waals surface area (Å²) in [6.45, 7) is 3.36. The van der Waals surface area contributed by atoms with Crippen LogP contribution in [0.15, 0.2) is 20.3 Å². The summed E-state index contributed by atoms with van der Waals surface area (Å²) >= 11 is 3.06. The molecular weight excluding hydrogens is 328 g/mol. The van der Waals surface area contributed by atoms with Gasteiger partial charge in [0, 0.05) is 32.4 Å². The van der Waals surface area contributed by atoms with E-state index in [2.05, 4.69) is 26.2 Å². The Morgan fingerprint density at radius 3 is 2.60 bits per heavy atom. The molecule has 0 saturated carbocycles. The van der Waals surface area contributed by atoms with Crippen molar-refractivity contribution < 1.29 is 4.79 Å². The molecule has 3 rings (SSSR count). The Hall–Kier alpha value is -1.41. The van der Waals surface area contributed by atoms with Gasteiger partial charge >= 0.3 is 5.69 Å². The van der Waals surface area contributed by atoms with Gasteiger partial charge in [0.05, 0.1) is 4.47 Å². The smallest absolute Gasteiger partial charge is 0.328 e. The highest BCUT2D eigenvalue weighted by Gasteiger charge is 2.37. The van der Waals surface area contributed by atoms with Crippen LogP contribution in [0.2, 0.25) is 0 Å². The molecule has 1 aromatic heterocycles. The summed E-state index contributed by atoms with van der Waals surface area (Å²) in [7, 11) is 0. The SMILES string of the molecule is O=C(Cn1cc(Br)c(=O)[nH]c1=O)N1C[C@H]2CNC[C@H]2C1. The van der Waals surface area contributed by atoms with E-state index >= 15 is 0 Å². The predicted octanol–water partition coefficient (Wildman–Crippen LogP) is -1.02. The number of aromatic amines is 1. The Morgan fingerprint density at radius 1 is 1.30 bits per heavy atom. The first-order valence-electron chi connectivity index (χ1n) is 6.52. The number of hydrogen-bond donors (Lipinski definition) is 2. The van der Waals surface area contributed by atoms with E-state index in [1.54, 1.807) is 0 Å². The fraction of sp³-hybridized carbons (Fsp3) is 0.583. The van der Waals surface area contributed by atoms with Crippen molar-refractivity contribution in [2.45, 2.75) is 6.54 Å². The van der Waals surface area contributed by atoms with Gasteiger partial charge < -0.3 is 10.2 Å². The van der Waals surface area contributed by atoms with Gasteiger partial charge in [-0.05, 0) is 27.8 Å². The largest absolute Gasteiger partial charge is 0.340 e. The van der Waals surface area contributed by atoms with Gasteiger partial charge in [-0.1, -0.05) is 0 Å². The highest BCUT2D eigenvalue weighted by atomic mass is 79.9. The molecule has 108 valence electrons. The van der Waals surface area contributed by atoms with Crippen molar-refractivity contribution in [2.24, 2.45) is 11.8 Å². The van der Waals surface area contributed by atoms with Gasteiger partial charge in [-0.15, -0.1) is 0 Å². The molecule has 2 aliphatic rings. The summed E-state index contributed by atoms with van der Waals surface area (Å²) in [4.78, 5) is 39.1. The number of hydrogen-bond acceptors (Lipinski definition) is 4. The zero-order valence-corrected chi connectivity index (χ0v) is 12.4. The summed E-state index contributed by atoms with van der Waals surface area (Å²) in [5.41, 5.74) is -1.05. The minimum atomic E-state index is -0.562. The van der Waals surface area contributed by atoms with E-state index in [1.807, 2.05) is 4.90 Å². The number of halogens is 1. The van der Waals surface area contributed by atoms with Gasteiger partial charge in [-0.2, -0.15) is 0 Å². The quantitative estimate of drug-likeness (QED) is 0.720. The molecule has 0 aromatic carbocycles. The van der Waals surface area contributed by atoms with Crippen molar-refractivity contribution in [3.8, 4) is 0 Å². The van der Waals surface area contributed by atoms with Crippen LogP contribution in [-0.2, 0) is 11.3 Å². The zero-order chi connectivity index (χ0) is 14.3. The normalized spacial score (nSPS) is 24.9.